The summed E-state index contributed by atoms with van der Waals surface area (Å²) in [6, 6.07) is 16.0. The van der Waals surface area contributed by atoms with E-state index in [4.69, 9.17) is 0 Å². The maximum atomic E-state index is 12.2. The molecule has 24 heavy (non-hydrogen) atoms. The van der Waals surface area contributed by atoms with Crippen molar-refractivity contribution in [2.24, 2.45) is 0 Å². The van der Waals surface area contributed by atoms with Gasteiger partial charge in [0.15, 0.2) is 5.78 Å². The third-order valence-electron chi connectivity index (χ3n) is 4.01. The van der Waals surface area contributed by atoms with Crippen molar-refractivity contribution in [2.75, 3.05) is 0 Å². The van der Waals surface area contributed by atoms with Gasteiger partial charge in [0.1, 0.15) is 0 Å². The number of aromatic nitrogens is 1. The second kappa shape index (κ2) is 6.12. The summed E-state index contributed by atoms with van der Waals surface area (Å²) in [5.74, 6) is -0.0319. The van der Waals surface area contributed by atoms with Gasteiger partial charge in [0.2, 0.25) is 0 Å². The van der Waals surface area contributed by atoms with Crippen LogP contribution in [0.2, 0.25) is 0 Å². The third-order valence-corrected chi connectivity index (χ3v) is 4.01. The van der Waals surface area contributed by atoms with Gasteiger partial charge >= 0.3 is 0 Å². The van der Waals surface area contributed by atoms with Crippen LogP contribution < -0.4 is 0 Å². The SMILES string of the molecule is CC(=O)c1c(-c2ccccc2)cn(-c2cccc([N+](=O)[O-])c2)c1C. The summed E-state index contributed by atoms with van der Waals surface area (Å²) < 4.78 is 1.83. The molecule has 5 nitrogen and oxygen atoms in total. The Bertz CT molecular complexity index is 927. The zero-order valence-electron chi connectivity index (χ0n) is 13.4. The maximum absolute atomic E-state index is 12.2. The molecule has 0 unspecified atom stereocenters. The van der Waals surface area contributed by atoms with Crippen molar-refractivity contribution < 1.29 is 9.72 Å². The molecular formula is C19H16N2O3. The highest BCUT2D eigenvalue weighted by Crippen LogP contribution is 2.31. The normalized spacial score (nSPS) is 10.6. The second-order valence-corrected chi connectivity index (χ2v) is 5.57. The van der Waals surface area contributed by atoms with Crippen LogP contribution in [0.15, 0.2) is 60.8 Å². The minimum Gasteiger partial charge on any atom is -0.320 e. The van der Waals surface area contributed by atoms with E-state index in [1.54, 1.807) is 12.1 Å². The molecule has 0 saturated carbocycles. The Hall–Kier alpha value is -3.21. The predicted octanol–water partition coefficient (Wildman–Crippen LogP) is 4.56. The Labute approximate surface area is 139 Å². The zero-order valence-corrected chi connectivity index (χ0v) is 13.4. The van der Waals surface area contributed by atoms with Crippen LogP contribution in [0.3, 0.4) is 0 Å². The van der Waals surface area contributed by atoms with Crippen molar-refractivity contribution in [3.8, 4) is 16.8 Å². The number of non-ortho nitro benzene ring substituents is 1. The molecule has 1 heterocycles. The monoisotopic (exact) mass is 320 g/mol. The van der Waals surface area contributed by atoms with E-state index in [0.717, 1.165) is 16.8 Å². The zero-order chi connectivity index (χ0) is 17.3. The van der Waals surface area contributed by atoms with E-state index in [9.17, 15) is 14.9 Å². The number of nitro benzene ring substituents is 1. The Kier molecular flexibility index (Phi) is 4.00. The Morgan fingerprint density at radius 2 is 1.79 bits per heavy atom. The van der Waals surface area contributed by atoms with Crippen molar-refractivity contribution in [2.45, 2.75) is 13.8 Å². The molecule has 0 aliphatic carbocycles. The van der Waals surface area contributed by atoms with Crippen molar-refractivity contribution >= 4 is 11.5 Å². The van der Waals surface area contributed by atoms with Crippen molar-refractivity contribution in [1.29, 1.82) is 0 Å². The number of nitro groups is 1. The van der Waals surface area contributed by atoms with E-state index in [1.807, 2.05) is 48.0 Å². The number of rotatable bonds is 4. The lowest BCUT2D eigenvalue weighted by atomic mass is 10.0. The van der Waals surface area contributed by atoms with Gasteiger partial charge in [-0.25, -0.2) is 0 Å². The van der Waals surface area contributed by atoms with Crippen LogP contribution in [-0.4, -0.2) is 15.3 Å². The van der Waals surface area contributed by atoms with Crippen LogP contribution in [-0.2, 0) is 0 Å². The van der Waals surface area contributed by atoms with Gasteiger partial charge in [0.05, 0.1) is 10.6 Å². The van der Waals surface area contributed by atoms with Crippen molar-refractivity contribution in [3.63, 3.8) is 0 Å². The predicted molar refractivity (Wildman–Crippen MR) is 92.6 cm³/mol. The summed E-state index contributed by atoms with van der Waals surface area (Å²) in [6.45, 7) is 3.38. The van der Waals surface area contributed by atoms with E-state index in [2.05, 4.69) is 0 Å². The summed E-state index contributed by atoms with van der Waals surface area (Å²) in [5, 5.41) is 11.0. The highest BCUT2D eigenvalue weighted by molar-refractivity contribution is 6.02. The van der Waals surface area contributed by atoms with Crippen LogP contribution in [0.4, 0.5) is 5.69 Å². The van der Waals surface area contributed by atoms with E-state index in [1.165, 1.54) is 19.1 Å². The number of nitrogens with zero attached hydrogens (tertiary/aromatic N) is 2. The van der Waals surface area contributed by atoms with E-state index in [0.29, 0.717) is 11.3 Å². The molecule has 1 aromatic heterocycles. The number of carbonyl (C=O) groups is 1. The maximum Gasteiger partial charge on any atom is 0.271 e. The lowest BCUT2D eigenvalue weighted by Crippen LogP contribution is -2.00. The molecule has 120 valence electrons. The molecule has 0 aliphatic rings. The average Bonchev–Trinajstić information content (AvgIpc) is 2.93. The molecule has 2 aromatic carbocycles. The van der Waals surface area contributed by atoms with Crippen LogP contribution in [0, 0.1) is 17.0 Å². The summed E-state index contributed by atoms with van der Waals surface area (Å²) in [4.78, 5) is 22.7. The molecule has 5 heteroatoms. The number of benzene rings is 2. The third kappa shape index (κ3) is 2.72. The fourth-order valence-corrected chi connectivity index (χ4v) is 2.91. The molecule has 0 radical (unpaired) electrons. The molecule has 0 N–H and O–H groups in total. The summed E-state index contributed by atoms with van der Waals surface area (Å²) in [5.41, 5.74) is 3.84. The molecule has 3 rings (SSSR count). The molecule has 0 atom stereocenters. The molecule has 0 fully saturated rings. The minimum atomic E-state index is -0.424. The van der Waals surface area contributed by atoms with Gasteiger partial charge in [0.25, 0.3) is 5.69 Å². The highest BCUT2D eigenvalue weighted by atomic mass is 16.6. The average molecular weight is 320 g/mol. The molecule has 0 aliphatic heterocycles. The van der Waals surface area contributed by atoms with E-state index < -0.39 is 4.92 Å². The van der Waals surface area contributed by atoms with Gasteiger partial charge in [-0.15, -0.1) is 0 Å². The van der Waals surface area contributed by atoms with Gasteiger partial charge in [-0.05, 0) is 25.5 Å². The lowest BCUT2D eigenvalue weighted by molar-refractivity contribution is -0.384. The first-order chi connectivity index (χ1) is 11.5. The van der Waals surface area contributed by atoms with Crippen LogP contribution in [0.5, 0.6) is 0 Å². The smallest absolute Gasteiger partial charge is 0.271 e. The van der Waals surface area contributed by atoms with Crippen LogP contribution in [0.25, 0.3) is 16.8 Å². The van der Waals surface area contributed by atoms with E-state index in [-0.39, 0.29) is 11.5 Å². The summed E-state index contributed by atoms with van der Waals surface area (Å²) in [6.07, 6.45) is 1.86. The molecule has 3 aromatic rings. The van der Waals surface area contributed by atoms with Gasteiger partial charge in [-0.1, -0.05) is 36.4 Å². The van der Waals surface area contributed by atoms with Crippen LogP contribution >= 0.6 is 0 Å². The molecule has 0 spiro atoms. The number of hydrogen-bond donors (Lipinski definition) is 0. The topological polar surface area (TPSA) is 65.1 Å². The molecule has 0 bridgehead atoms. The van der Waals surface area contributed by atoms with Crippen molar-refractivity contribution in [1.82, 2.24) is 4.57 Å². The Morgan fingerprint density at radius 1 is 1.08 bits per heavy atom. The Morgan fingerprint density at radius 3 is 2.42 bits per heavy atom. The van der Waals surface area contributed by atoms with E-state index >= 15 is 0 Å². The molecule has 0 saturated heterocycles. The first-order valence-electron chi connectivity index (χ1n) is 7.52. The summed E-state index contributed by atoms with van der Waals surface area (Å²) in [7, 11) is 0. The first kappa shape index (κ1) is 15.7. The minimum absolute atomic E-state index is 0.0197. The van der Waals surface area contributed by atoms with Gasteiger partial charge in [0, 0.05) is 35.2 Å². The van der Waals surface area contributed by atoms with Gasteiger partial charge in [-0.3, -0.25) is 14.9 Å². The highest BCUT2D eigenvalue weighted by Gasteiger charge is 2.19. The number of Topliss-reactive ketones (excluding diaryl/α,β-unsaturated/α-hetero) is 1. The second-order valence-electron chi connectivity index (χ2n) is 5.57. The number of ketones is 1. The molecular weight excluding hydrogens is 304 g/mol. The Balaban J connectivity index is 2.22. The molecule has 0 amide bonds. The fraction of sp³-hybridized carbons (Fsp3) is 0.105. The standard InChI is InChI=1S/C19H16N2O3/c1-13-19(14(2)22)18(15-7-4-3-5-8-15)12-20(13)16-9-6-10-17(11-16)21(23)24/h3-12H,1-2H3. The van der Waals surface area contributed by atoms with Gasteiger partial charge < -0.3 is 4.57 Å². The quantitative estimate of drug-likeness (QED) is 0.402. The largest absolute Gasteiger partial charge is 0.320 e. The van der Waals surface area contributed by atoms with Crippen LogP contribution in [0.1, 0.15) is 23.0 Å². The number of carbonyl (C=O) groups excluding carboxylic acids is 1. The lowest BCUT2D eigenvalue weighted by Gasteiger charge is -2.06. The fourth-order valence-electron chi connectivity index (χ4n) is 2.91. The summed E-state index contributed by atoms with van der Waals surface area (Å²) >= 11 is 0. The number of hydrogen-bond acceptors (Lipinski definition) is 3. The van der Waals surface area contributed by atoms with Gasteiger partial charge in [-0.2, -0.15) is 0 Å². The van der Waals surface area contributed by atoms with Crippen molar-refractivity contribution in [3.05, 3.63) is 82.2 Å². The first-order valence-corrected chi connectivity index (χ1v) is 7.52.